The average Bonchev–Trinajstić information content (AvgIpc) is 2.05. The molecule has 0 aliphatic carbocycles. The maximum Gasteiger partial charge on any atom is 0.141 e. The Morgan fingerprint density at radius 2 is 2.10 bits per heavy atom. The minimum absolute atomic E-state index is 0.670. The van der Waals surface area contributed by atoms with Crippen LogP contribution in [0.2, 0.25) is 0 Å². The predicted octanol–water partition coefficient (Wildman–Crippen LogP) is 0.126. The van der Waals surface area contributed by atoms with Gasteiger partial charge in [-0.3, -0.25) is 0 Å². The van der Waals surface area contributed by atoms with Gasteiger partial charge in [-0.05, 0) is 6.92 Å². The smallest absolute Gasteiger partial charge is 0.141 e. The summed E-state index contributed by atoms with van der Waals surface area (Å²) in [5.41, 5.74) is 0. The molecule has 0 aromatic rings. The molecule has 1 heterocycles. The molecular weight excluding hydrogens is 132 g/mol. The summed E-state index contributed by atoms with van der Waals surface area (Å²) in [6, 6.07) is 0. The third-order valence-corrected chi connectivity index (χ3v) is 1.61. The molecule has 1 saturated heterocycles. The minimum atomic E-state index is 0.670. The molecule has 0 radical (unpaired) electrons. The highest BCUT2D eigenvalue weighted by Gasteiger charge is 2.10. The van der Waals surface area contributed by atoms with Crippen molar-refractivity contribution >= 4 is 5.84 Å². The van der Waals surface area contributed by atoms with Gasteiger partial charge in [0, 0.05) is 13.1 Å². The van der Waals surface area contributed by atoms with E-state index in [2.05, 4.69) is 5.16 Å². The summed E-state index contributed by atoms with van der Waals surface area (Å²) in [6.45, 7) is 4.90. The summed E-state index contributed by atoms with van der Waals surface area (Å²) in [5, 5.41) is 11.5. The van der Waals surface area contributed by atoms with Crippen molar-refractivity contribution in [2.75, 3.05) is 26.3 Å². The van der Waals surface area contributed by atoms with E-state index in [1.807, 2.05) is 4.90 Å². The van der Waals surface area contributed by atoms with Crippen molar-refractivity contribution in [3.8, 4) is 0 Å². The molecule has 1 aliphatic rings. The van der Waals surface area contributed by atoms with Gasteiger partial charge in [-0.25, -0.2) is 0 Å². The average molecular weight is 144 g/mol. The van der Waals surface area contributed by atoms with E-state index in [9.17, 15) is 0 Å². The van der Waals surface area contributed by atoms with Gasteiger partial charge >= 0.3 is 0 Å². The molecule has 1 rings (SSSR count). The van der Waals surface area contributed by atoms with Crippen LogP contribution in [0.5, 0.6) is 0 Å². The highest BCUT2D eigenvalue weighted by molar-refractivity contribution is 5.79. The maximum atomic E-state index is 8.39. The van der Waals surface area contributed by atoms with Crippen molar-refractivity contribution in [3.63, 3.8) is 0 Å². The lowest BCUT2D eigenvalue weighted by molar-refractivity contribution is 0.0663. The van der Waals surface area contributed by atoms with Crippen molar-refractivity contribution in [1.29, 1.82) is 0 Å². The molecule has 1 fully saturated rings. The molecular formula is C6H12N2O2. The SMILES string of the molecule is C/C(=N/O)N1CCOCC1. The molecule has 0 atom stereocenters. The lowest BCUT2D eigenvalue weighted by Crippen LogP contribution is -2.39. The summed E-state index contributed by atoms with van der Waals surface area (Å²) in [5.74, 6) is 0.670. The summed E-state index contributed by atoms with van der Waals surface area (Å²) in [4.78, 5) is 1.99. The highest BCUT2D eigenvalue weighted by Crippen LogP contribution is 1.97. The van der Waals surface area contributed by atoms with Crippen LogP contribution in [0.1, 0.15) is 6.92 Å². The molecule has 0 saturated carbocycles. The number of hydrogen-bond donors (Lipinski definition) is 1. The number of oxime groups is 1. The fourth-order valence-corrected chi connectivity index (χ4v) is 0.950. The molecule has 1 N–H and O–H groups in total. The second kappa shape index (κ2) is 3.41. The first-order valence-corrected chi connectivity index (χ1v) is 3.36. The highest BCUT2D eigenvalue weighted by atomic mass is 16.5. The van der Waals surface area contributed by atoms with Crippen LogP contribution >= 0.6 is 0 Å². The molecule has 0 amide bonds. The van der Waals surface area contributed by atoms with Crippen LogP contribution in [0.15, 0.2) is 5.16 Å². The minimum Gasteiger partial charge on any atom is -0.409 e. The summed E-state index contributed by atoms with van der Waals surface area (Å²) >= 11 is 0. The normalized spacial score (nSPS) is 21.3. The van der Waals surface area contributed by atoms with Gasteiger partial charge in [0.2, 0.25) is 0 Å². The zero-order valence-electron chi connectivity index (χ0n) is 6.08. The maximum absolute atomic E-state index is 8.39. The first kappa shape index (κ1) is 7.34. The van der Waals surface area contributed by atoms with Crippen molar-refractivity contribution in [3.05, 3.63) is 0 Å². The van der Waals surface area contributed by atoms with Crippen LogP contribution in [-0.4, -0.2) is 42.2 Å². The van der Waals surface area contributed by atoms with Gasteiger partial charge in [-0.2, -0.15) is 0 Å². The van der Waals surface area contributed by atoms with Gasteiger partial charge in [0.1, 0.15) is 5.84 Å². The molecule has 4 nitrogen and oxygen atoms in total. The Morgan fingerprint density at radius 3 is 2.60 bits per heavy atom. The number of rotatable bonds is 0. The number of amidine groups is 1. The standard InChI is InChI=1S/C6H12N2O2/c1-6(7-9)8-2-4-10-5-3-8/h9H,2-5H2,1H3/b7-6-. The largest absolute Gasteiger partial charge is 0.409 e. The Hall–Kier alpha value is -0.770. The van der Waals surface area contributed by atoms with Crippen molar-refractivity contribution in [2.24, 2.45) is 5.16 Å². The summed E-state index contributed by atoms with van der Waals surface area (Å²) < 4.78 is 5.12. The Bertz CT molecular complexity index is 130. The van der Waals surface area contributed by atoms with Gasteiger partial charge in [-0.15, -0.1) is 0 Å². The van der Waals surface area contributed by atoms with E-state index >= 15 is 0 Å². The zero-order valence-corrected chi connectivity index (χ0v) is 6.08. The lowest BCUT2D eigenvalue weighted by Gasteiger charge is -2.27. The van der Waals surface area contributed by atoms with Crippen LogP contribution in [-0.2, 0) is 4.74 Å². The van der Waals surface area contributed by atoms with E-state index in [0.29, 0.717) is 5.84 Å². The van der Waals surface area contributed by atoms with E-state index < -0.39 is 0 Å². The molecule has 0 aromatic heterocycles. The van der Waals surface area contributed by atoms with E-state index in [-0.39, 0.29) is 0 Å². The quantitative estimate of drug-likeness (QED) is 0.227. The molecule has 0 aromatic carbocycles. The Morgan fingerprint density at radius 1 is 1.50 bits per heavy atom. The fraction of sp³-hybridized carbons (Fsp3) is 0.833. The third kappa shape index (κ3) is 1.60. The number of nitrogens with zero attached hydrogens (tertiary/aromatic N) is 2. The van der Waals surface area contributed by atoms with Gasteiger partial charge in [-0.1, -0.05) is 5.16 Å². The van der Waals surface area contributed by atoms with Gasteiger partial charge < -0.3 is 14.8 Å². The molecule has 0 spiro atoms. The molecule has 58 valence electrons. The third-order valence-electron chi connectivity index (χ3n) is 1.61. The first-order chi connectivity index (χ1) is 4.84. The van der Waals surface area contributed by atoms with Crippen LogP contribution in [0.25, 0.3) is 0 Å². The zero-order chi connectivity index (χ0) is 7.40. The van der Waals surface area contributed by atoms with Crippen molar-refractivity contribution in [1.82, 2.24) is 4.90 Å². The molecule has 1 aliphatic heterocycles. The predicted molar refractivity (Wildman–Crippen MR) is 37.3 cm³/mol. The van der Waals surface area contributed by atoms with Crippen LogP contribution in [0.4, 0.5) is 0 Å². The number of hydrogen-bond acceptors (Lipinski definition) is 3. The van der Waals surface area contributed by atoms with Crippen LogP contribution < -0.4 is 0 Å². The fourth-order valence-electron chi connectivity index (χ4n) is 0.950. The van der Waals surface area contributed by atoms with Crippen LogP contribution in [0.3, 0.4) is 0 Å². The van der Waals surface area contributed by atoms with E-state index in [1.54, 1.807) is 6.92 Å². The van der Waals surface area contributed by atoms with Gasteiger partial charge in [0.25, 0.3) is 0 Å². The summed E-state index contributed by atoms with van der Waals surface area (Å²) in [7, 11) is 0. The number of morpholine rings is 1. The Labute approximate surface area is 60.1 Å². The Kier molecular flexibility index (Phi) is 2.50. The first-order valence-electron chi connectivity index (χ1n) is 3.36. The molecule has 0 unspecified atom stereocenters. The van der Waals surface area contributed by atoms with E-state index in [0.717, 1.165) is 26.3 Å². The van der Waals surface area contributed by atoms with Crippen molar-refractivity contribution in [2.45, 2.75) is 6.92 Å². The Balaban J connectivity index is 2.39. The van der Waals surface area contributed by atoms with Crippen LogP contribution in [0, 0.1) is 0 Å². The van der Waals surface area contributed by atoms with Crippen molar-refractivity contribution < 1.29 is 9.94 Å². The molecule has 4 heteroatoms. The van der Waals surface area contributed by atoms with Gasteiger partial charge in [0.15, 0.2) is 0 Å². The van der Waals surface area contributed by atoms with E-state index in [1.165, 1.54) is 0 Å². The second-order valence-electron chi connectivity index (χ2n) is 2.25. The molecule has 0 bridgehead atoms. The topological polar surface area (TPSA) is 45.1 Å². The monoisotopic (exact) mass is 144 g/mol. The summed E-state index contributed by atoms with van der Waals surface area (Å²) in [6.07, 6.45) is 0. The lowest BCUT2D eigenvalue weighted by atomic mass is 10.4. The second-order valence-corrected chi connectivity index (χ2v) is 2.25. The molecule has 10 heavy (non-hydrogen) atoms. The van der Waals surface area contributed by atoms with E-state index in [4.69, 9.17) is 9.94 Å². The number of ether oxygens (including phenoxy) is 1. The van der Waals surface area contributed by atoms with Gasteiger partial charge in [0.05, 0.1) is 13.2 Å².